The van der Waals surface area contributed by atoms with Gasteiger partial charge in [-0.05, 0) is 25.1 Å². The minimum atomic E-state index is 0.361. The molecule has 108 valence electrons. The van der Waals surface area contributed by atoms with E-state index in [9.17, 15) is 0 Å². The van der Waals surface area contributed by atoms with Crippen LogP contribution < -0.4 is 14.9 Å². The van der Waals surface area contributed by atoms with Crippen molar-refractivity contribution in [3.05, 3.63) is 41.3 Å². The highest BCUT2D eigenvalue weighted by atomic mass is 35.5. The lowest BCUT2D eigenvalue weighted by Crippen LogP contribution is -2.15. The standard InChI is InChI=1S/C14H13ClN4O2/c1-9(18-19-14-7-13(15)16-8-17-14)10-2-3-11-12(6-10)21-5-4-20-11/h2-3,6-8H,4-5H2,1H3,(H,16,17,19). The van der Waals surface area contributed by atoms with Crippen LogP contribution in [0.3, 0.4) is 0 Å². The van der Waals surface area contributed by atoms with Crippen LogP contribution in [0.2, 0.25) is 5.15 Å². The van der Waals surface area contributed by atoms with Crippen molar-refractivity contribution in [2.24, 2.45) is 5.10 Å². The van der Waals surface area contributed by atoms with Crippen molar-refractivity contribution in [1.29, 1.82) is 0 Å². The minimum Gasteiger partial charge on any atom is -0.486 e. The molecule has 0 saturated heterocycles. The lowest BCUT2D eigenvalue weighted by atomic mass is 10.1. The lowest BCUT2D eigenvalue weighted by molar-refractivity contribution is 0.171. The largest absolute Gasteiger partial charge is 0.486 e. The average Bonchev–Trinajstić information content (AvgIpc) is 2.52. The number of aromatic nitrogens is 2. The van der Waals surface area contributed by atoms with Gasteiger partial charge in [0, 0.05) is 11.6 Å². The summed E-state index contributed by atoms with van der Waals surface area (Å²) in [6, 6.07) is 7.31. The molecule has 6 nitrogen and oxygen atoms in total. The molecule has 21 heavy (non-hydrogen) atoms. The molecule has 3 rings (SSSR count). The number of halogens is 1. The number of ether oxygens (including phenoxy) is 2. The summed E-state index contributed by atoms with van der Waals surface area (Å²) in [5.41, 5.74) is 4.57. The van der Waals surface area contributed by atoms with E-state index in [1.807, 2.05) is 25.1 Å². The van der Waals surface area contributed by atoms with E-state index < -0.39 is 0 Å². The molecule has 1 aliphatic heterocycles. The molecule has 7 heteroatoms. The van der Waals surface area contributed by atoms with Crippen LogP contribution in [0.15, 0.2) is 35.7 Å². The van der Waals surface area contributed by atoms with Crippen molar-refractivity contribution in [2.75, 3.05) is 18.6 Å². The Bertz CT molecular complexity index is 690. The summed E-state index contributed by atoms with van der Waals surface area (Å²) in [5, 5.41) is 4.64. The Balaban J connectivity index is 1.78. The third-order valence-corrected chi connectivity index (χ3v) is 3.14. The molecule has 0 aliphatic carbocycles. The summed E-state index contributed by atoms with van der Waals surface area (Å²) in [7, 11) is 0. The molecule has 0 radical (unpaired) electrons. The molecular weight excluding hydrogens is 292 g/mol. The van der Waals surface area contributed by atoms with Gasteiger partial charge in [-0.15, -0.1) is 0 Å². The van der Waals surface area contributed by atoms with Gasteiger partial charge in [0.1, 0.15) is 24.7 Å². The molecule has 1 N–H and O–H groups in total. The van der Waals surface area contributed by atoms with Crippen molar-refractivity contribution < 1.29 is 9.47 Å². The fraction of sp³-hybridized carbons (Fsp3) is 0.214. The Hall–Kier alpha value is -2.34. The van der Waals surface area contributed by atoms with Gasteiger partial charge in [-0.1, -0.05) is 11.6 Å². The van der Waals surface area contributed by atoms with Gasteiger partial charge in [0.05, 0.1) is 5.71 Å². The molecule has 0 bridgehead atoms. The van der Waals surface area contributed by atoms with Crippen LogP contribution in [-0.2, 0) is 0 Å². The number of fused-ring (bicyclic) bond motifs is 1. The number of hydrogen-bond acceptors (Lipinski definition) is 6. The highest BCUT2D eigenvalue weighted by molar-refractivity contribution is 6.29. The van der Waals surface area contributed by atoms with Crippen LogP contribution in [-0.4, -0.2) is 28.9 Å². The van der Waals surface area contributed by atoms with Crippen molar-refractivity contribution >= 4 is 23.1 Å². The second-order valence-corrected chi connectivity index (χ2v) is 4.78. The first-order valence-electron chi connectivity index (χ1n) is 6.40. The smallest absolute Gasteiger partial charge is 0.162 e. The summed E-state index contributed by atoms with van der Waals surface area (Å²) >= 11 is 5.79. The Morgan fingerprint density at radius 3 is 2.81 bits per heavy atom. The quantitative estimate of drug-likeness (QED) is 0.536. The number of nitrogens with one attached hydrogen (secondary N) is 1. The van der Waals surface area contributed by atoms with Gasteiger partial charge in [0.25, 0.3) is 0 Å². The van der Waals surface area contributed by atoms with Gasteiger partial charge < -0.3 is 9.47 Å². The zero-order valence-electron chi connectivity index (χ0n) is 11.3. The fourth-order valence-corrected chi connectivity index (χ4v) is 2.02. The molecule has 0 spiro atoms. The first kappa shape index (κ1) is 13.6. The Labute approximate surface area is 126 Å². The zero-order chi connectivity index (χ0) is 14.7. The Morgan fingerprint density at radius 1 is 1.19 bits per heavy atom. The number of hydrazone groups is 1. The molecule has 2 aromatic rings. The fourth-order valence-electron chi connectivity index (χ4n) is 1.87. The van der Waals surface area contributed by atoms with E-state index in [0.717, 1.165) is 22.8 Å². The molecular formula is C14H13ClN4O2. The summed E-state index contributed by atoms with van der Waals surface area (Å²) in [6.45, 7) is 3.03. The molecule has 2 heterocycles. The van der Waals surface area contributed by atoms with Crippen LogP contribution in [0.25, 0.3) is 0 Å². The van der Waals surface area contributed by atoms with Crippen LogP contribution in [0.5, 0.6) is 11.5 Å². The second kappa shape index (κ2) is 5.97. The third-order valence-electron chi connectivity index (χ3n) is 2.93. The minimum absolute atomic E-state index is 0.361. The number of nitrogens with zero attached hydrogens (tertiary/aromatic N) is 3. The van der Waals surface area contributed by atoms with E-state index in [2.05, 4.69) is 20.5 Å². The number of anilines is 1. The van der Waals surface area contributed by atoms with Gasteiger partial charge in [-0.25, -0.2) is 9.97 Å². The van der Waals surface area contributed by atoms with E-state index >= 15 is 0 Å². The monoisotopic (exact) mass is 304 g/mol. The first-order valence-corrected chi connectivity index (χ1v) is 6.78. The van der Waals surface area contributed by atoms with Gasteiger partial charge in [-0.2, -0.15) is 5.10 Å². The van der Waals surface area contributed by atoms with E-state index in [-0.39, 0.29) is 0 Å². The van der Waals surface area contributed by atoms with Crippen LogP contribution in [0, 0.1) is 0 Å². The van der Waals surface area contributed by atoms with Crippen LogP contribution in [0.1, 0.15) is 12.5 Å². The van der Waals surface area contributed by atoms with E-state index in [1.54, 1.807) is 6.07 Å². The number of hydrogen-bond donors (Lipinski definition) is 1. The van der Waals surface area contributed by atoms with E-state index in [4.69, 9.17) is 21.1 Å². The lowest BCUT2D eigenvalue weighted by Gasteiger charge is -2.18. The maximum Gasteiger partial charge on any atom is 0.162 e. The second-order valence-electron chi connectivity index (χ2n) is 4.39. The normalized spacial score (nSPS) is 13.9. The van der Waals surface area contributed by atoms with Gasteiger partial charge in [0.2, 0.25) is 0 Å². The van der Waals surface area contributed by atoms with E-state index in [0.29, 0.717) is 24.2 Å². The maximum atomic E-state index is 5.79. The molecule has 1 aromatic heterocycles. The highest BCUT2D eigenvalue weighted by Gasteiger charge is 2.12. The third kappa shape index (κ3) is 3.22. The van der Waals surface area contributed by atoms with Gasteiger partial charge in [0.15, 0.2) is 17.3 Å². The predicted octanol–water partition coefficient (Wildman–Crippen LogP) is 2.74. The first-order chi connectivity index (χ1) is 10.2. The van der Waals surface area contributed by atoms with Gasteiger partial charge >= 0.3 is 0 Å². The topological polar surface area (TPSA) is 68.6 Å². The van der Waals surface area contributed by atoms with Crippen molar-refractivity contribution in [3.63, 3.8) is 0 Å². The predicted molar refractivity (Wildman–Crippen MR) is 80.3 cm³/mol. The molecule has 0 saturated carbocycles. The highest BCUT2D eigenvalue weighted by Crippen LogP contribution is 2.30. The van der Waals surface area contributed by atoms with E-state index in [1.165, 1.54) is 6.33 Å². The Morgan fingerprint density at radius 2 is 2.00 bits per heavy atom. The summed E-state index contributed by atoms with van der Waals surface area (Å²) in [5.74, 6) is 2.03. The molecule has 0 atom stereocenters. The summed E-state index contributed by atoms with van der Waals surface area (Å²) in [6.07, 6.45) is 1.37. The van der Waals surface area contributed by atoms with Crippen LogP contribution >= 0.6 is 11.6 Å². The number of rotatable bonds is 3. The molecule has 1 aromatic carbocycles. The number of benzene rings is 1. The SMILES string of the molecule is CC(=NNc1cc(Cl)ncn1)c1ccc2c(c1)OCCO2. The molecule has 0 fully saturated rings. The summed E-state index contributed by atoms with van der Waals surface area (Å²) < 4.78 is 11.0. The Kier molecular flexibility index (Phi) is 3.87. The zero-order valence-corrected chi connectivity index (χ0v) is 12.1. The average molecular weight is 305 g/mol. The molecule has 0 unspecified atom stereocenters. The molecule has 0 amide bonds. The molecule has 1 aliphatic rings. The van der Waals surface area contributed by atoms with Crippen molar-refractivity contribution in [1.82, 2.24) is 9.97 Å². The van der Waals surface area contributed by atoms with Crippen molar-refractivity contribution in [2.45, 2.75) is 6.92 Å². The van der Waals surface area contributed by atoms with Crippen LogP contribution in [0.4, 0.5) is 5.82 Å². The van der Waals surface area contributed by atoms with Crippen molar-refractivity contribution in [3.8, 4) is 11.5 Å². The maximum absolute atomic E-state index is 5.79. The van der Waals surface area contributed by atoms with Gasteiger partial charge in [-0.3, -0.25) is 5.43 Å². The summed E-state index contributed by atoms with van der Waals surface area (Å²) in [4.78, 5) is 7.83.